The number of carbonyl (C=O) groups is 15. The molecule has 37 heteroatoms. The number of carboxylic acids is 3. The zero-order chi connectivity index (χ0) is 105. The van der Waals surface area contributed by atoms with E-state index in [0.29, 0.717) is 60.0 Å². The minimum absolute atomic E-state index is 0.0115. The third kappa shape index (κ3) is 39.2. The summed E-state index contributed by atoms with van der Waals surface area (Å²) in [6, 6.07) is 3.68. The van der Waals surface area contributed by atoms with Gasteiger partial charge in [0.25, 0.3) is 5.91 Å². The number of ketones is 3. The molecule has 4 aromatic rings. The first-order chi connectivity index (χ1) is 66.6. The van der Waals surface area contributed by atoms with Gasteiger partial charge in [0.1, 0.15) is 21.5 Å². The van der Waals surface area contributed by atoms with Gasteiger partial charge in [-0.05, 0) is 171 Å². The maximum Gasteiger partial charge on any atom is 0.355 e. The van der Waals surface area contributed by atoms with Crippen molar-refractivity contribution in [3.05, 3.63) is 78.1 Å². The number of likely N-dealkylation sites (tertiary alicyclic amines) is 3. The fraction of sp³-hybridized carbons (Fsp3) is 0.712. The standard InChI is InChI=1S/C43H64N4O10S.C31H49N3O8S.C30H49N3O6S/c1-9-13-39(51)56-25-47(42(53)33(27(5)10-2)22-37(50)35-14-11-12-19-46(35)8)36(26(3)4)23-38(57-29(7)48)41-45-34(24-58-41)40(52)44-31(20-28(6)43(54)55)21-30-15-17-32(49)18-16-30;1-8-12-28(37)41-18-34(30(38)22(20(5)9-2)15-26(36)24-13-10-11-14-33(24)7)25(19(3)4)16-27(42-21(6)35)29-32-23(17-43-29)31(39)40;1-8-12-27(35)39-18-33(25(19(3)4)15-21(6)28-31-23(17-40-28)30(37)38)29(36)22(20(5)9-2)16-26(34)24-13-10-11-14-32(24)7/h15-18,24,26-28,31,33,35-36,38,49H,9-14,19-23,25H2,1-8H3,(H,44,52)(H,54,55);17,19-20,22,24-25,27H,8-16,18H2,1-7H3,(H,39,40);17,19-22,24-25H,8-16,18H2,1-7H3,(H,37,38)/t27-,28-,31+,33-,35?,36+,38+;20-,22-,24?,25+,27+;20-,21+,22-,24?,25+/m000/s1. The molecular weight excluding hydrogens is 1870 g/mol. The van der Waals surface area contributed by atoms with Crippen molar-refractivity contribution in [2.45, 2.75) is 359 Å². The summed E-state index contributed by atoms with van der Waals surface area (Å²) in [4.78, 5) is 219. The van der Waals surface area contributed by atoms with E-state index in [1.165, 1.54) is 63.3 Å². The number of carboxylic acid groups (broad SMARTS) is 3. The molecule has 0 aliphatic carbocycles. The fourth-order valence-corrected chi connectivity index (χ4v) is 20.9. The first kappa shape index (κ1) is 122. The summed E-state index contributed by atoms with van der Waals surface area (Å²) >= 11 is 3.46. The van der Waals surface area contributed by atoms with E-state index in [0.717, 1.165) is 112 Å². The Hall–Kier alpha value is -9.56. The highest BCUT2D eigenvalue weighted by molar-refractivity contribution is 7.10. The minimum Gasteiger partial charge on any atom is -0.508 e. The molecule has 1 aromatic carbocycles. The molecule has 3 fully saturated rings. The van der Waals surface area contributed by atoms with E-state index < -0.39 is 102 Å². The Morgan fingerprint density at radius 1 is 0.440 bits per heavy atom. The van der Waals surface area contributed by atoms with Crippen molar-refractivity contribution in [3.63, 3.8) is 0 Å². The summed E-state index contributed by atoms with van der Waals surface area (Å²) in [6.45, 7) is 37.0. The molecule has 790 valence electrons. The van der Waals surface area contributed by atoms with Gasteiger partial charge in [0, 0.05) is 129 Å². The van der Waals surface area contributed by atoms with E-state index in [2.05, 4.69) is 35.0 Å². The van der Waals surface area contributed by atoms with Crippen molar-refractivity contribution >= 4 is 123 Å². The summed E-state index contributed by atoms with van der Waals surface area (Å²) in [5.41, 5.74) is 0.677. The normalized spacial score (nSPS) is 18.3. The SMILES string of the molecule is CCCC(=O)OCN(C(=O)[C@@H](CC(=O)C1CCCCN1C)[C@@H](C)CC)[C@H](C[C@@H](C)c1nc(C(=O)O)cs1)C(C)C.CCCC(=O)OCN(C(=O)[C@@H](CC(=O)C1CCCCN1C)[C@@H](C)CC)[C@H](C[C@@H](OC(C)=O)c1nc(C(=O)N[C@@H](Cc2ccc(O)cc2)C[C@H](C)C(=O)O)cs1)C(C)C.CCCC(=O)OCN(C(=O)[C@@H](CC(=O)C1CCCCN1C)[C@@H](C)CC)[C@H](C[C@@H](OC(C)=O)c1nc(C(=O)O)cs1)C(C)C. The van der Waals surface area contributed by atoms with Crippen LogP contribution in [0, 0.1) is 59.2 Å². The number of carbonyl (C=O) groups excluding carboxylic acids is 12. The number of Topliss-reactive ketones (excluding diaryl/α,β-unsaturated/α-hetero) is 3. The number of esters is 5. The number of hydrogen-bond acceptors (Lipinski definition) is 30. The number of piperidine rings is 3. The second-order valence-corrected chi connectivity index (χ2v) is 42.3. The van der Waals surface area contributed by atoms with Gasteiger partial charge in [-0.25, -0.2) is 24.5 Å². The molecule has 4 amide bonds. The molecular formula is C104H162N10O24S3. The maximum absolute atomic E-state index is 14.8. The number of rotatable bonds is 56. The molecule has 0 spiro atoms. The first-order valence-corrected chi connectivity index (χ1v) is 53.4. The maximum atomic E-state index is 14.8. The first-order valence-electron chi connectivity index (χ1n) is 50.7. The number of aromatic hydroxyl groups is 1. The smallest absolute Gasteiger partial charge is 0.355 e. The van der Waals surface area contributed by atoms with Gasteiger partial charge in [0.05, 0.1) is 29.1 Å². The summed E-state index contributed by atoms with van der Waals surface area (Å²) in [6.07, 6.45) is 12.4. The number of phenolic OH excluding ortho intramolecular Hbond substituents is 1. The van der Waals surface area contributed by atoms with Crippen LogP contribution in [-0.4, -0.2) is 257 Å². The van der Waals surface area contributed by atoms with Crippen LogP contribution in [0.2, 0.25) is 0 Å². The number of benzene rings is 1. The lowest BCUT2D eigenvalue weighted by Crippen LogP contribution is -2.50. The third-order valence-corrected chi connectivity index (χ3v) is 30.5. The van der Waals surface area contributed by atoms with E-state index in [4.69, 9.17) is 23.7 Å². The molecule has 0 saturated carbocycles. The second-order valence-electron chi connectivity index (χ2n) is 39.7. The minimum atomic E-state index is -1.20. The molecule has 17 atom stereocenters. The molecule has 3 unspecified atom stereocenters. The predicted octanol–water partition coefficient (Wildman–Crippen LogP) is 17.2. The Morgan fingerprint density at radius 3 is 1.06 bits per heavy atom. The predicted molar refractivity (Wildman–Crippen MR) is 539 cm³/mol. The van der Waals surface area contributed by atoms with Crippen molar-refractivity contribution < 1.29 is 116 Å². The Labute approximate surface area is 846 Å². The van der Waals surface area contributed by atoms with Crippen LogP contribution in [0.1, 0.15) is 362 Å². The van der Waals surface area contributed by atoms with Crippen LogP contribution in [0.5, 0.6) is 5.75 Å². The van der Waals surface area contributed by atoms with E-state index in [1.54, 1.807) is 24.0 Å². The number of ether oxygens (including phenoxy) is 5. The van der Waals surface area contributed by atoms with Crippen molar-refractivity contribution in [3.8, 4) is 5.75 Å². The zero-order valence-electron chi connectivity index (χ0n) is 87.4. The molecule has 0 bridgehead atoms. The molecule has 5 N–H and O–H groups in total. The second kappa shape index (κ2) is 61.5. The molecule has 7 rings (SSSR count). The van der Waals surface area contributed by atoms with E-state index in [-0.39, 0.29) is 207 Å². The molecule has 3 saturated heterocycles. The van der Waals surface area contributed by atoms with Crippen LogP contribution in [0.3, 0.4) is 0 Å². The number of aliphatic carboxylic acids is 1. The van der Waals surface area contributed by atoms with Crippen molar-refractivity contribution in [2.24, 2.45) is 59.2 Å². The molecule has 6 heterocycles. The highest BCUT2D eigenvalue weighted by atomic mass is 32.1. The molecule has 34 nitrogen and oxygen atoms in total. The van der Waals surface area contributed by atoms with Gasteiger partial charge in [0.2, 0.25) is 17.7 Å². The molecule has 3 aliphatic heterocycles. The number of nitrogens with zero attached hydrogens (tertiary/aromatic N) is 9. The summed E-state index contributed by atoms with van der Waals surface area (Å²) in [5, 5.41) is 46.6. The van der Waals surface area contributed by atoms with Crippen molar-refractivity contribution in [2.75, 3.05) is 61.0 Å². The van der Waals surface area contributed by atoms with Crippen LogP contribution < -0.4 is 5.32 Å². The summed E-state index contributed by atoms with van der Waals surface area (Å²) < 4.78 is 28.3. The van der Waals surface area contributed by atoms with Crippen LogP contribution in [0.15, 0.2) is 40.4 Å². The summed E-state index contributed by atoms with van der Waals surface area (Å²) in [5.74, 6) is -10.2. The average Bonchev–Trinajstić information content (AvgIpc) is 1.77. The van der Waals surface area contributed by atoms with Crippen LogP contribution >= 0.6 is 34.0 Å². The van der Waals surface area contributed by atoms with Gasteiger partial charge in [-0.2, -0.15) is 0 Å². The third-order valence-electron chi connectivity index (χ3n) is 27.6. The highest BCUT2D eigenvalue weighted by Crippen LogP contribution is 2.39. The van der Waals surface area contributed by atoms with Crippen molar-refractivity contribution in [1.82, 2.24) is 49.7 Å². The van der Waals surface area contributed by atoms with Gasteiger partial charge < -0.3 is 64.1 Å². The van der Waals surface area contributed by atoms with Gasteiger partial charge in [0.15, 0.2) is 61.1 Å². The van der Waals surface area contributed by atoms with Gasteiger partial charge >= 0.3 is 47.8 Å². The van der Waals surface area contributed by atoms with Crippen molar-refractivity contribution in [1.29, 1.82) is 0 Å². The Bertz CT molecular complexity index is 4670. The van der Waals surface area contributed by atoms with Gasteiger partial charge in [-0.1, -0.05) is 168 Å². The Balaban J connectivity index is 0.000000381. The largest absolute Gasteiger partial charge is 0.508 e. The van der Waals surface area contributed by atoms with E-state index in [1.807, 2.05) is 132 Å². The molecule has 141 heavy (non-hydrogen) atoms. The number of likely N-dealkylation sites (N-methyl/N-ethyl adjacent to an activating group) is 3. The van der Waals surface area contributed by atoms with Gasteiger partial charge in [-0.3, -0.25) is 77.0 Å². The average molecular weight is 2030 g/mol. The topological polar surface area (TPSA) is 453 Å². The number of aromatic carboxylic acids is 2. The lowest BCUT2D eigenvalue weighted by atomic mass is 9.82. The number of nitrogens with one attached hydrogen (secondary N) is 1. The van der Waals surface area contributed by atoms with E-state index >= 15 is 0 Å². The fourth-order valence-electron chi connectivity index (χ4n) is 18.4. The highest BCUT2D eigenvalue weighted by Gasteiger charge is 2.45. The van der Waals surface area contributed by atoms with Crippen LogP contribution in [0.25, 0.3) is 0 Å². The van der Waals surface area contributed by atoms with E-state index in [9.17, 15) is 92.3 Å². The summed E-state index contributed by atoms with van der Waals surface area (Å²) in [7, 11) is 5.86. The number of thiazole rings is 3. The molecule has 3 aromatic heterocycles. The zero-order valence-corrected chi connectivity index (χ0v) is 89.9. The number of hydrogen-bond donors (Lipinski definition) is 5. The number of amides is 4. The van der Waals surface area contributed by atoms with Crippen LogP contribution in [0.4, 0.5) is 0 Å². The Kier molecular flexibility index (Phi) is 53.2. The monoisotopic (exact) mass is 2030 g/mol. The Morgan fingerprint density at radius 2 is 0.759 bits per heavy atom. The lowest BCUT2D eigenvalue weighted by Gasteiger charge is -2.39. The number of phenols is 1. The van der Waals surface area contributed by atoms with Gasteiger partial charge in [-0.15, -0.1) is 34.0 Å². The molecule has 3 aliphatic rings. The quantitative estimate of drug-likeness (QED) is 0.0156. The molecule has 0 radical (unpaired) electrons. The lowest BCUT2D eigenvalue weighted by molar-refractivity contribution is -0.163. The number of aromatic nitrogens is 3. The van der Waals surface area contributed by atoms with Crippen LogP contribution in [-0.2, 0) is 87.6 Å².